The van der Waals surface area contributed by atoms with Crippen molar-refractivity contribution in [2.45, 2.75) is 12.5 Å². The minimum Gasteiger partial charge on any atom is -0.492 e. The van der Waals surface area contributed by atoms with Crippen LogP contribution in [0.25, 0.3) is 0 Å². The molecule has 2 rings (SSSR count). The van der Waals surface area contributed by atoms with Gasteiger partial charge >= 0.3 is 0 Å². The molecule has 3 nitrogen and oxygen atoms in total. The summed E-state index contributed by atoms with van der Waals surface area (Å²) in [5.41, 5.74) is 5.83. The summed E-state index contributed by atoms with van der Waals surface area (Å²) >= 11 is 0. The highest BCUT2D eigenvalue weighted by atomic mass is 16.5. The Morgan fingerprint density at radius 3 is 2.80 bits per heavy atom. The molecule has 1 fully saturated rings. The first kappa shape index (κ1) is 10.5. The second-order valence-corrected chi connectivity index (χ2v) is 4.01. The highest BCUT2D eigenvalue weighted by Gasteiger charge is 2.18. The SMILES string of the molecule is N[C@@H]1CCN(CCOc2ccccc2)C1. The van der Waals surface area contributed by atoms with Crippen molar-refractivity contribution in [1.82, 2.24) is 4.90 Å². The van der Waals surface area contributed by atoms with Crippen molar-refractivity contribution in [3.05, 3.63) is 30.3 Å². The van der Waals surface area contributed by atoms with E-state index in [1.165, 1.54) is 0 Å². The predicted octanol–water partition coefficient (Wildman–Crippen LogP) is 1.10. The monoisotopic (exact) mass is 206 g/mol. The summed E-state index contributed by atoms with van der Waals surface area (Å²) < 4.78 is 5.62. The van der Waals surface area contributed by atoms with Gasteiger partial charge in [0, 0.05) is 19.1 Å². The van der Waals surface area contributed by atoms with Crippen molar-refractivity contribution < 1.29 is 4.74 Å². The Labute approximate surface area is 90.8 Å². The normalized spacial score (nSPS) is 21.8. The molecule has 1 saturated heterocycles. The average Bonchev–Trinajstić information content (AvgIpc) is 2.66. The molecule has 1 aromatic carbocycles. The van der Waals surface area contributed by atoms with Crippen molar-refractivity contribution in [2.24, 2.45) is 5.73 Å². The third-order valence-electron chi connectivity index (χ3n) is 2.73. The van der Waals surface area contributed by atoms with Crippen LogP contribution < -0.4 is 10.5 Å². The van der Waals surface area contributed by atoms with E-state index >= 15 is 0 Å². The summed E-state index contributed by atoms with van der Waals surface area (Å²) in [4.78, 5) is 2.35. The second kappa shape index (κ2) is 5.14. The van der Waals surface area contributed by atoms with E-state index in [4.69, 9.17) is 10.5 Å². The fourth-order valence-electron chi connectivity index (χ4n) is 1.88. The molecule has 1 aromatic rings. The molecule has 0 unspecified atom stereocenters. The summed E-state index contributed by atoms with van der Waals surface area (Å²) in [6.45, 7) is 3.84. The van der Waals surface area contributed by atoms with Crippen LogP contribution in [0.4, 0.5) is 0 Å². The standard InChI is InChI=1S/C12H18N2O/c13-11-6-7-14(10-11)8-9-15-12-4-2-1-3-5-12/h1-5,11H,6-10,13H2/t11-/m1/s1. The highest BCUT2D eigenvalue weighted by molar-refractivity contribution is 5.20. The summed E-state index contributed by atoms with van der Waals surface area (Å²) in [5, 5.41) is 0. The van der Waals surface area contributed by atoms with Crippen molar-refractivity contribution in [3.8, 4) is 5.75 Å². The Morgan fingerprint density at radius 1 is 1.33 bits per heavy atom. The molecule has 1 aliphatic heterocycles. The lowest BCUT2D eigenvalue weighted by molar-refractivity contribution is 0.236. The number of likely N-dealkylation sites (tertiary alicyclic amines) is 1. The molecule has 0 aliphatic carbocycles. The van der Waals surface area contributed by atoms with Crippen LogP contribution in [0.15, 0.2) is 30.3 Å². The first-order valence-corrected chi connectivity index (χ1v) is 5.50. The van der Waals surface area contributed by atoms with Gasteiger partial charge in [-0.15, -0.1) is 0 Å². The van der Waals surface area contributed by atoms with Gasteiger partial charge in [-0.3, -0.25) is 4.90 Å². The van der Waals surface area contributed by atoms with E-state index in [0.29, 0.717) is 6.04 Å². The van der Waals surface area contributed by atoms with Crippen molar-refractivity contribution in [1.29, 1.82) is 0 Å². The number of para-hydroxylation sites is 1. The van der Waals surface area contributed by atoms with Crippen LogP contribution in [0.1, 0.15) is 6.42 Å². The molecular formula is C12H18N2O. The van der Waals surface area contributed by atoms with Crippen LogP contribution in [0, 0.1) is 0 Å². The van der Waals surface area contributed by atoms with E-state index in [1.807, 2.05) is 30.3 Å². The van der Waals surface area contributed by atoms with Crippen LogP contribution in [0.3, 0.4) is 0 Å². The molecule has 0 saturated carbocycles. The maximum Gasteiger partial charge on any atom is 0.119 e. The third kappa shape index (κ3) is 3.22. The zero-order valence-electron chi connectivity index (χ0n) is 8.93. The Kier molecular flexibility index (Phi) is 3.59. The van der Waals surface area contributed by atoms with E-state index in [-0.39, 0.29) is 0 Å². The predicted molar refractivity (Wildman–Crippen MR) is 61.0 cm³/mol. The van der Waals surface area contributed by atoms with Crippen molar-refractivity contribution >= 4 is 0 Å². The molecule has 0 bridgehead atoms. The largest absolute Gasteiger partial charge is 0.492 e. The van der Waals surface area contributed by atoms with Gasteiger partial charge in [-0.2, -0.15) is 0 Å². The lowest BCUT2D eigenvalue weighted by Crippen LogP contribution is -2.29. The number of ether oxygens (including phenoxy) is 1. The van der Waals surface area contributed by atoms with Gasteiger partial charge in [0.1, 0.15) is 12.4 Å². The molecule has 1 aliphatic rings. The van der Waals surface area contributed by atoms with Crippen LogP contribution in [-0.4, -0.2) is 37.2 Å². The zero-order valence-corrected chi connectivity index (χ0v) is 8.93. The van der Waals surface area contributed by atoms with Crippen molar-refractivity contribution in [3.63, 3.8) is 0 Å². The van der Waals surface area contributed by atoms with Gasteiger partial charge in [-0.1, -0.05) is 18.2 Å². The molecule has 0 spiro atoms. The molecule has 2 N–H and O–H groups in total. The van der Waals surface area contributed by atoms with Crippen LogP contribution >= 0.6 is 0 Å². The third-order valence-corrected chi connectivity index (χ3v) is 2.73. The lowest BCUT2D eigenvalue weighted by atomic mass is 10.3. The quantitative estimate of drug-likeness (QED) is 0.801. The van der Waals surface area contributed by atoms with Crippen LogP contribution in [-0.2, 0) is 0 Å². The Bertz CT molecular complexity index is 289. The van der Waals surface area contributed by atoms with Gasteiger partial charge in [0.15, 0.2) is 0 Å². The molecule has 0 aromatic heterocycles. The van der Waals surface area contributed by atoms with Gasteiger partial charge in [-0.25, -0.2) is 0 Å². The van der Waals surface area contributed by atoms with E-state index in [2.05, 4.69) is 4.90 Å². The smallest absolute Gasteiger partial charge is 0.119 e. The molecular weight excluding hydrogens is 188 g/mol. The van der Waals surface area contributed by atoms with Gasteiger partial charge in [0.25, 0.3) is 0 Å². The van der Waals surface area contributed by atoms with Gasteiger partial charge in [0.05, 0.1) is 0 Å². The highest BCUT2D eigenvalue weighted by Crippen LogP contribution is 2.09. The summed E-state index contributed by atoms with van der Waals surface area (Å²) in [5.74, 6) is 0.945. The second-order valence-electron chi connectivity index (χ2n) is 4.01. The summed E-state index contributed by atoms with van der Waals surface area (Å²) in [6.07, 6.45) is 1.12. The number of benzene rings is 1. The van der Waals surface area contributed by atoms with E-state index in [1.54, 1.807) is 0 Å². The minimum atomic E-state index is 0.363. The summed E-state index contributed by atoms with van der Waals surface area (Å²) in [7, 11) is 0. The average molecular weight is 206 g/mol. The zero-order chi connectivity index (χ0) is 10.5. The number of hydrogen-bond acceptors (Lipinski definition) is 3. The van der Waals surface area contributed by atoms with E-state index in [9.17, 15) is 0 Å². The molecule has 1 heterocycles. The Balaban J connectivity index is 1.67. The van der Waals surface area contributed by atoms with E-state index < -0.39 is 0 Å². The molecule has 0 amide bonds. The molecule has 0 radical (unpaired) electrons. The van der Waals surface area contributed by atoms with Gasteiger partial charge < -0.3 is 10.5 Å². The van der Waals surface area contributed by atoms with Gasteiger partial charge in [0.2, 0.25) is 0 Å². The molecule has 3 heteroatoms. The van der Waals surface area contributed by atoms with E-state index in [0.717, 1.165) is 38.4 Å². The number of nitrogens with two attached hydrogens (primary N) is 1. The Hall–Kier alpha value is -1.06. The van der Waals surface area contributed by atoms with Crippen LogP contribution in [0.5, 0.6) is 5.75 Å². The van der Waals surface area contributed by atoms with Gasteiger partial charge in [-0.05, 0) is 25.1 Å². The molecule has 1 atom stereocenters. The Morgan fingerprint density at radius 2 is 2.13 bits per heavy atom. The van der Waals surface area contributed by atoms with Crippen LogP contribution in [0.2, 0.25) is 0 Å². The maximum absolute atomic E-state index is 5.83. The number of nitrogens with zero attached hydrogens (tertiary/aromatic N) is 1. The fraction of sp³-hybridized carbons (Fsp3) is 0.500. The number of rotatable bonds is 4. The molecule has 82 valence electrons. The van der Waals surface area contributed by atoms with Crippen molar-refractivity contribution in [2.75, 3.05) is 26.2 Å². The first-order valence-electron chi connectivity index (χ1n) is 5.50. The lowest BCUT2D eigenvalue weighted by Gasteiger charge is -2.15. The first-order chi connectivity index (χ1) is 7.34. The fourth-order valence-corrected chi connectivity index (χ4v) is 1.88. The maximum atomic E-state index is 5.83. The molecule has 15 heavy (non-hydrogen) atoms. The number of hydrogen-bond donors (Lipinski definition) is 1. The summed E-state index contributed by atoms with van der Waals surface area (Å²) in [6, 6.07) is 10.3. The minimum absolute atomic E-state index is 0.363. The topological polar surface area (TPSA) is 38.5 Å².